The number of hydrogen-bond acceptors (Lipinski definition) is 3. The quantitative estimate of drug-likeness (QED) is 0.745. The predicted octanol–water partition coefficient (Wildman–Crippen LogP) is 1.75. The average molecular weight is 196 g/mol. The van der Waals surface area contributed by atoms with Gasteiger partial charge >= 0.3 is 5.97 Å². The van der Waals surface area contributed by atoms with Gasteiger partial charge in [-0.25, -0.2) is 0 Å². The maximum Gasteiger partial charge on any atom is 0.309 e. The van der Waals surface area contributed by atoms with Gasteiger partial charge in [-0.2, -0.15) is 0 Å². The van der Waals surface area contributed by atoms with E-state index in [-0.39, 0.29) is 12.2 Å². The van der Waals surface area contributed by atoms with Crippen molar-refractivity contribution >= 4 is 12.3 Å². The van der Waals surface area contributed by atoms with Crippen molar-refractivity contribution in [1.29, 1.82) is 0 Å². The standard InChI is InChI=1S/C10H12O4/c1-10(2,9(12)13)5-7-3-4-8(6-11)14-7/h3-4,6H,5H2,1-2H3,(H,12,13). The van der Waals surface area contributed by atoms with Crippen LogP contribution in [0.15, 0.2) is 16.5 Å². The van der Waals surface area contributed by atoms with E-state index >= 15 is 0 Å². The van der Waals surface area contributed by atoms with Gasteiger partial charge in [-0.05, 0) is 26.0 Å². The Morgan fingerprint density at radius 2 is 2.21 bits per heavy atom. The van der Waals surface area contributed by atoms with Gasteiger partial charge in [-0.1, -0.05) is 0 Å². The number of aldehydes is 1. The Morgan fingerprint density at radius 3 is 2.64 bits per heavy atom. The molecule has 0 aliphatic carbocycles. The summed E-state index contributed by atoms with van der Waals surface area (Å²) in [6, 6.07) is 3.15. The van der Waals surface area contributed by atoms with Crippen LogP contribution >= 0.6 is 0 Å². The third-order valence-electron chi connectivity index (χ3n) is 1.99. The number of carboxylic acids is 1. The lowest BCUT2D eigenvalue weighted by molar-refractivity contribution is -0.147. The molecular formula is C10H12O4. The monoisotopic (exact) mass is 196 g/mol. The molecule has 0 aromatic carbocycles. The van der Waals surface area contributed by atoms with E-state index in [1.807, 2.05) is 0 Å². The molecule has 0 bridgehead atoms. The summed E-state index contributed by atoms with van der Waals surface area (Å²) in [5.74, 6) is -0.151. The summed E-state index contributed by atoms with van der Waals surface area (Å²) in [6.45, 7) is 3.22. The van der Waals surface area contributed by atoms with Crippen LogP contribution < -0.4 is 0 Å². The first-order valence-corrected chi connectivity index (χ1v) is 4.23. The molecule has 4 heteroatoms. The van der Waals surface area contributed by atoms with Crippen molar-refractivity contribution in [3.63, 3.8) is 0 Å². The van der Waals surface area contributed by atoms with E-state index in [1.165, 1.54) is 6.07 Å². The van der Waals surface area contributed by atoms with Gasteiger partial charge in [0.25, 0.3) is 0 Å². The van der Waals surface area contributed by atoms with Crippen molar-refractivity contribution in [2.24, 2.45) is 5.41 Å². The van der Waals surface area contributed by atoms with Gasteiger partial charge in [0.15, 0.2) is 12.0 Å². The summed E-state index contributed by atoms with van der Waals surface area (Å²) < 4.78 is 5.09. The molecule has 4 nitrogen and oxygen atoms in total. The molecule has 1 heterocycles. The van der Waals surface area contributed by atoms with E-state index in [2.05, 4.69) is 0 Å². The molecule has 0 atom stereocenters. The lowest BCUT2D eigenvalue weighted by Gasteiger charge is -2.16. The molecule has 76 valence electrons. The third kappa shape index (κ3) is 2.22. The normalized spacial score (nSPS) is 11.3. The maximum absolute atomic E-state index is 10.8. The van der Waals surface area contributed by atoms with Crippen LogP contribution in [-0.4, -0.2) is 17.4 Å². The van der Waals surface area contributed by atoms with Gasteiger partial charge in [-0.15, -0.1) is 0 Å². The minimum atomic E-state index is -0.887. The fourth-order valence-electron chi connectivity index (χ4n) is 1.06. The second-order valence-electron chi connectivity index (χ2n) is 3.79. The zero-order valence-electron chi connectivity index (χ0n) is 8.11. The second kappa shape index (κ2) is 3.65. The molecule has 1 N–H and O–H groups in total. The van der Waals surface area contributed by atoms with Crippen LogP contribution in [0.4, 0.5) is 0 Å². The minimum Gasteiger partial charge on any atom is -0.481 e. The van der Waals surface area contributed by atoms with E-state index in [0.717, 1.165) is 0 Å². The molecule has 14 heavy (non-hydrogen) atoms. The number of rotatable bonds is 4. The number of hydrogen-bond donors (Lipinski definition) is 1. The highest BCUT2D eigenvalue weighted by molar-refractivity contribution is 5.74. The molecule has 0 aliphatic rings. The smallest absolute Gasteiger partial charge is 0.309 e. The van der Waals surface area contributed by atoms with Crippen molar-refractivity contribution in [1.82, 2.24) is 0 Å². The average Bonchev–Trinajstić information content (AvgIpc) is 2.51. The first-order valence-electron chi connectivity index (χ1n) is 4.23. The van der Waals surface area contributed by atoms with Crippen molar-refractivity contribution in [2.45, 2.75) is 20.3 Å². The fraction of sp³-hybridized carbons (Fsp3) is 0.400. The van der Waals surface area contributed by atoms with Crippen LogP contribution in [0.25, 0.3) is 0 Å². The summed E-state index contributed by atoms with van der Waals surface area (Å²) in [6.07, 6.45) is 0.868. The molecule has 0 unspecified atom stereocenters. The summed E-state index contributed by atoms with van der Waals surface area (Å²) in [4.78, 5) is 21.1. The van der Waals surface area contributed by atoms with E-state index in [1.54, 1.807) is 19.9 Å². The van der Waals surface area contributed by atoms with Gasteiger partial charge in [0, 0.05) is 6.42 Å². The molecule has 0 amide bonds. The second-order valence-corrected chi connectivity index (χ2v) is 3.79. The molecule has 1 aromatic rings. The molecule has 0 radical (unpaired) electrons. The molecule has 0 aliphatic heterocycles. The van der Waals surface area contributed by atoms with Crippen LogP contribution in [0, 0.1) is 5.41 Å². The fourth-order valence-corrected chi connectivity index (χ4v) is 1.06. The largest absolute Gasteiger partial charge is 0.481 e. The lowest BCUT2D eigenvalue weighted by Crippen LogP contribution is -2.25. The molecule has 1 rings (SSSR count). The Labute approximate surface area is 81.5 Å². The van der Waals surface area contributed by atoms with Gasteiger partial charge in [0.1, 0.15) is 5.76 Å². The van der Waals surface area contributed by atoms with Crippen LogP contribution in [0.3, 0.4) is 0 Å². The van der Waals surface area contributed by atoms with Crippen molar-refractivity contribution in [2.75, 3.05) is 0 Å². The number of carboxylic acid groups (broad SMARTS) is 1. The number of carbonyl (C=O) groups is 2. The molecule has 0 saturated heterocycles. The van der Waals surface area contributed by atoms with Crippen molar-refractivity contribution in [3.8, 4) is 0 Å². The van der Waals surface area contributed by atoms with Crippen LogP contribution in [0.1, 0.15) is 30.2 Å². The Bertz CT molecular complexity index is 349. The topological polar surface area (TPSA) is 67.5 Å². The van der Waals surface area contributed by atoms with Gasteiger partial charge < -0.3 is 9.52 Å². The molecule has 1 aromatic heterocycles. The summed E-state index contributed by atoms with van der Waals surface area (Å²) >= 11 is 0. The van der Waals surface area contributed by atoms with Crippen LogP contribution in [0.5, 0.6) is 0 Å². The highest BCUT2D eigenvalue weighted by atomic mass is 16.4. The van der Waals surface area contributed by atoms with E-state index in [9.17, 15) is 9.59 Å². The molecule has 0 spiro atoms. The zero-order chi connectivity index (χ0) is 10.8. The minimum absolute atomic E-state index is 0.223. The van der Waals surface area contributed by atoms with Gasteiger partial charge in [0.05, 0.1) is 5.41 Å². The van der Waals surface area contributed by atoms with E-state index < -0.39 is 11.4 Å². The maximum atomic E-state index is 10.8. The molecule has 0 fully saturated rings. The summed E-state index contributed by atoms with van der Waals surface area (Å²) in [7, 11) is 0. The van der Waals surface area contributed by atoms with Crippen LogP contribution in [-0.2, 0) is 11.2 Å². The van der Waals surface area contributed by atoms with Gasteiger partial charge in [0.2, 0.25) is 0 Å². The Kier molecular flexibility index (Phi) is 2.74. The Morgan fingerprint density at radius 1 is 1.57 bits per heavy atom. The van der Waals surface area contributed by atoms with Crippen molar-refractivity contribution < 1.29 is 19.1 Å². The first-order chi connectivity index (χ1) is 6.45. The number of aliphatic carboxylic acids is 1. The lowest BCUT2D eigenvalue weighted by atomic mass is 9.88. The highest BCUT2D eigenvalue weighted by Gasteiger charge is 2.28. The van der Waals surface area contributed by atoms with E-state index in [0.29, 0.717) is 12.0 Å². The molecule has 0 saturated carbocycles. The third-order valence-corrected chi connectivity index (χ3v) is 1.99. The Balaban J connectivity index is 2.78. The highest BCUT2D eigenvalue weighted by Crippen LogP contribution is 2.22. The number of furan rings is 1. The summed E-state index contributed by atoms with van der Waals surface area (Å²) in [5, 5.41) is 8.86. The SMILES string of the molecule is CC(C)(Cc1ccc(C=O)o1)C(=O)O. The predicted molar refractivity (Wildman–Crippen MR) is 49.2 cm³/mol. The Hall–Kier alpha value is -1.58. The van der Waals surface area contributed by atoms with Crippen LogP contribution in [0.2, 0.25) is 0 Å². The van der Waals surface area contributed by atoms with Crippen molar-refractivity contribution in [3.05, 3.63) is 23.7 Å². The molecular weight excluding hydrogens is 184 g/mol. The first kappa shape index (κ1) is 10.5. The summed E-state index contributed by atoms with van der Waals surface area (Å²) in [5.41, 5.74) is -0.877. The number of carbonyl (C=O) groups excluding carboxylic acids is 1. The van der Waals surface area contributed by atoms with Gasteiger partial charge in [-0.3, -0.25) is 9.59 Å². The zero-order valence-corrected chi connectivity index (χ0v) is 8.11. The van der Waals surface area contributed by atoms with E-state index in [4.69, 9.17) is 9.52 Å².